The molecule has 0 aromatic heterocycles. The summed E-state index contributed by atoms with van der Waals surface area (Å²) in [4.78, 5) is 13.0. The van der Waals surface area contributed by atoms with Crippen molar-refractivity contribution in [3.63, 3.8) is 0 Å². The quantitative estimate of drug-likeness (QED) is 0.297. The van der Waals surface area contributed by atoms with Gasteiger partial charge in [0.05, 0.1) is 5.70 Å². The average Bonchev–Trinajstić information content (AvgIpc) is 2.72. The molecule has 3 nitrogen and oxygen atoms in total. The van der Waals surface area contributed by atoms with E-state index in [2.05, 4.69) is 10.9 Å². The van der Waals surface area contributed by atoms with Crippen LogP contribution in [0.25, 0.3) is 5.70 Å². The van der Waals surface area contributed by atoms with Gasteiger partial charge in [-0.3, -0.25) is 15.6 Å². The second kappa shape index (κ2) is 8.74. The second-order valence-electron chi connectivity index (χ2n) is 5.60. The fraction of sp³-hybridized carbons (Fsp3) is 0. The van der Waals surface area contributed by atoms with Crippen LogP contribution in [-0.2, 0) is 0 Å². The smallest absolute Gasteiger partial charge is 0.269 e. The van der Waals surface area contributed by atoms with Crippen LogP contribution in [0.1, 0.15) is 21.5 Å². The topological polar surface area (TPSA) is 41.1 Å². The van der Waals surface area contributed by atoms with Crippen LogP contribution in [-0.4, -0.2) is 10.8 Å². The highest BCUT2D eigenvalue weighted by molar-refractivity contribution is 7.81. The van der Waals surface area contributed by atoms with Crippen LogP contribution in [0.4, 0.5) is 0 Å². The van der Waals surface area contributed by atoms with Crippen molar-refractivity contribution in [3.8, 4) is 0 Å². The Morgan fingerprint density at radius 2 is 1.12 bits per heavy atom. The molecule has 128 valence electrons. The van der Waals surface area contributed by atoms with Gasteiger partial charge >= 0.3 is 0 Å². The van der Waals surface area contributed by atoms with Crippen molar-refractivity contribution >= 4 is 28.7 Å². The van der Waals surface area contributed by atoms with Gasteiger partial charge in [-0.1, -0.05) is 91.1 Å². The van der Waals surface area contributed by atoms with Gasteiger partial charge in [0.1, 0.15) is 0 Å². The third-order valence-corrected chi connectivity index (χ3v) is 4.12. The zero-order chi connectivity index (χ0) is 18.2. The van der Waals surface area contributed by atoms with Crippen molar-refractivity contribution in [1.29, 1.82) is 0 Å². The molecule has 0 aliphatic carbocycles. The average molecular weight is 358 g/mol. The summed E-state index contributed by atoms with van der Waals surface area (Å²) in [7, 11) is 0. The first kappa shape index (κ1) is 17.6. The van der Waals surface area contributed by atoms with Gasteiger partial charge < -0.3 is 0 Å². The lowest BCUT2D eigenvalue weighted by Gasteiger charge is -2.13. The molecule has 3 aromatic carbocycles. The molecule has 26 heavy (non-hydrogen) atoms. The van der Waals surface area contributed by atoms with Gasteiger partial charge in [0.25, 0.3) is 5.91 Å². The highest BCUT2D eigenvalue weighted by Crippen LogP contribution is 2.13. The van der Waals surface area contributed by atoms with Gasteiger partial charge in [-0.25, -0.2) is 0 Å². The standard InChI is InChI=1S/C22H18N2OS/c25-22(19-14-8-3-9-15-19)24-23-20(17-10-4-1-5-11-17)16-21(26)18-12-6-2-7-13-18/h1-16,23H,(H,24,25)/b20-16+. The molecule has 3 aromatic rings. The van der Waals surface area contributed by atoms with Gasteiger partial charge in [-0.05, 0) is 29.3 Å². The molecule has 0 unspecified atom stereocenters. The van der Waals surface area contributed by atoms with Crippen LogP contribution in [0.2, 0.25) is 0 Å². The van der Waals surface area contributed by atoms with E-state index < -0.39 is 0 Å². The Labute approximate surface area is 158 Å². The van der Waals surface area contributed by atoms with E-state index in [1.165, 1.54) is 0 Å². The SMILES string of the molecule is O=C(NN/C(=C/C(=S)c1ccccc1)c1ccccc1)c1ccccc1. The van der Waals surface area contributed by atoms with Crippen LogP contribution in [0.3, 0.4) is 0 Å². The largest absolute Gasteiger partial charge is 0.298 e. The number of thiocarbonyl (C=S) groups is 1. The molecule has 0 bridgehead atoms. The third-order valence-electron chi connectivity index (χ3n) is 3.77. The summed E-state index contributed by atoms with van der Waals surface area (Å²) in [5.74, 6) is -0.210. The zero-order valence-electron chi connectivity index (χ0n) is 14.1. The molecule has 0 radical (unpaired) electrons. The number of carbonyl (C=O) groups is 1. The first-order valence-electron chi connectivity index (χ1n) is 8.22. The lowest BCUT2D eigenvalue weighted by molar-refractivity contribution is 0.0942. The summed E-state index contributed by atoms with van der Waals surface area (Å²) in [6.07, 6.45) is 1.85. The van der Waals surface area contributed by atoms with Gasteiger partial charge in [0.2, 0.25) is 0 Å². The minimum Gasteiger partial charge on any atom is -0.298 e. The maximum atomic E-state index is 12.3. The van der Waals surface area contributed by atoms with Crippen LogP contribution in [0, 0.1) is 0 Å². The molecule has 0 fully saturated rings. The minimum absolute atomic E-state index is 0.210. The van der Waals surface area contributed by atoms with Crippen LogP contribution in [0.5, 0.6) is 0 Å². The molecule has 0 saturated heterocycles. The van der Waals surface area contributed by atoms with E-state index in [4.69, 9.17) is 12.2 Å². The number of hydrazine groups is 1. The monoisotopic (exact) mass is 358 g/mol. The Balaban J connectivity index is 1.81. The molecule has 3 rings (SSSR count). The molecular weight excluding hydrogens is 340 g/mol. The molecule has 0 heterocycles. The Morgan fingerprint density at radius 1 is 0.654 bits per heavy atom. The van der Waals surface area contributed by atoms with E-state index in [1.54, 1.807) is 12.1 Å². The molecule has 0 atom stereocenters. The van der Waals surface area contributed by atoms with E-state index in [9.17, 15) is 4.79 Å². The van der Waals surface area contributed by atoms with Crippen LogP contribution < -0.4 is 10.9 Å². The maximum absolute atomic E-state index is 12.3. The van der Waals surface area contributed by atoms with Crippen molar-refractivity contribution in [2.24, 2.45) is 0 Å². The number of hydrogen-bond donors (Lipinski definition) is 2. The summed E-state index contributed by atoms with van der Waals surface area (Å²) >= 11 is 5.54. The molecule has 2 N–H and O–H groups in total. The zero-order valence-corrected chi connectivity index (χ0v) is 14.9. The highest BCUT2D eigenvalue weighted by Gasteiger charge is 2.08. The van der Waals surface area contributed by atoms with Gasteiger partial charge in [-0.15, -0.1) is 0 Å². The first-order chi connectivity index (χ1) is 12.7. The third kappa shape index (κ3) is 4.65. The normalized spacial score (nSPS) is 10.8. The lowest BCUT2D eigenvalue weighted by atomic mass is 10.1. The fourth-order valence-corrected chi connectivity index (χ4v) is 2.67. The van der Waals surface area contributed by atoms with E-state index in [0.717, 1.165) is 16.8 Å². The summed E-state index contributed by atoms with van der Waals surface area (Å²) in [5, 5.41) is 0. The second-order valence-corrected chi connectivity index (χ2v) is 6.04. The Kier molecular flexibility index (Phi) is 5.91. The van der Waals surface area contributed by atoms with E-state index in [-0.39, 0.29) is 5.91 Å². The van der Waals surface area contributed by atoms with Crippen molar-refractivity contribution in [2.45, 2.75) is 0 Å². The van der Waals surface area contributed by atoms with Crippen molar-refractivity contribution in [3.05, 3.63) is 114 Å². The van der Waals surface area contributed by atoms with Crippen LogP contribution >= 0.6 is 12.2 Å². The predicted octanol–water partition coefficient (Wildman–Crippen LogP) is 4.38. The summed E-state index contributed by atoms with van der Waals surface area (Å²) < 4.78 is 0. The summed E-state index contributed by atoms with van der Waals surface area (Å²) in [5.41, 5.74) is 8.93. The van der Waals surface area contributed by atoms with E-state index >= 15 is 0 Å². The highest BCUT2D eigenvalue weighted by atomic mass is 32.1. The van der Waals surface area contributed by atoms with E-state index in [0.29, 0.717) is 10.4 Å². The lowest BCUT2D eigenvalue weighted by Crippen LogP contribution is -2.36. The predicted molar refractivity (Wildman–Crippen MR) is 110 cm³/mol. The van der Waals surface area contributed by atoms with Crippen molar-refractivity contribution in [2.75, 3.05) is 0 Å². The number of benzene rings is 3. The molecule has 0 spiro atoms. The van der Waals surface area contributed by atoms with Crippen molar-refractivity contribution < 1.29 is 4.79 Å². The molecule has 0 aliphatic heterocycles. The number of carbonyl (C=O) groups excluding carboxylic acids is 1. The molecule has 1 amide bonds. The Morgan fingerprint density at radius 3 is 1.65 bits per heavy atom. The van der Waals surface area contributed by atoms with E-state index in [1.807, 2.05) is 84.9 Å². The molecule has 0 saturated carbocycles. The van der Waals surface area contributed by atoms with Gasteiger partial charge in [0, 0.05) is 10.4 Å². The molecular formula is C22H18N2OS. The number of hydrogen-bond acceptors (Lipinski definition) is 3. The minimum atomic E-state index is -0.210. The number of rotatable bonds is 6. The summed E-state index contributed by atoms with van der Waals surface area (Å²) in [6.45, 7) is 0. The molecule has 4 heteroatoms. The maximum Gasteiger partial charge on any atom is 0.269 e. The summed E-state index contributed by atoms with van der Waals surface area (Å²) in [6, 6.07) is 28.6. The van der Waals surface area contributed by atoms with Crippen molar-refractivity contribution in [1.82, 2.24) is 10.9 Å². The first-order valence-corrected chi connectivity index (χ1v) is 8.63. The van der Waals surface area contributed by atoms with Gasteiger partial charge in [-0.2, -0.15) is 0 Å². The van der Waals surface area contributed by atoms with Gasteiger partial charge in [0.15, 0.2) is 0 Å². The number of amides is 1. The number of allylic oxidation sites excluding steroid dienone is 1. The number of nitrogens with one attached hydrogen (secondary N) is 2. The Bertz CT molecular complexity index is 907. The fourth-order valence-electron chi connectivity index (χ4n) is 2.41. The Hall–Kier alpha value is -3.24. The van der Waals surface area contributed by atoms with Crippen LogP contribution in [0.15, 0.2) is 97.1 Å². The molecule has 0 aliphatic rings.